The molecule has 0 aliphatic carbocycles. The number of halogens is 4. The molecule has 2 aromatic carbocycles. The Balaban J connectivity index is 1.74. The van der Waals surface area contributed by atoms with Crippen LogP contribution in [0.1, 0.15) is 11.1 Å². The van der Waals surface area contributed by atoms with E-state index >= 15 is 0 Å². The van der Waals surface area contributed by atoms with Crippen LogP contribution in [0.5, 0.6) is 0 Å². The molecule has 0 unspecified atom stereocenters. The predicted molar refractivity (Wildman–Crippen MR) is 83.0 cm³/mol. The van der Waals surface area contributed by atoms with E-state index in [1.165, 1.54) is 18.2 Å². The van der Waals surface area contributed by atoms with Crippen LogP contribution in [-0.4, -0.2) is 19.0 Å². The first-order valence-electron chi connectivity index (χ1n) is 7.27. The molecule has 0 fully saturated rings. The Bertz CT molecular complexity index is 684. The van der Waals surface area contributed by atoms with Crippen LogP contribution in [0.15, 0.2) is 48.5 Å². The average Bonchev–Trinajstić information content (AvgIpc) is 2.53. The van der Waals surface area contributed by atoms with Gasteiger partial charge in [-0.1, -0.05) is 18.2 Å². The molecule has 0 bridgehead atoms. The minimum atomic E-state index is -4.41. The van der Waals surface area contributed by atoms with Crippen LogP contribution in [0.3, 0.4) is 0 Å². The van der Waals surface area contributed by atoms with Crippen molar-refractivity contribution in [3.05, 3.63) is 65.5 Å². The third-order valence-electron chi connectivity index (χ3n) is 3.31. The van der Waals surface area contributed by atoms with E-state index in [1.807, 2.05) is 0 Å². The maximum atomic E-state index is 13.4. The predicted octanol–water partition coefficient (Wildman–Crippen LogP) is 3.62. The fourth-order valence-corrected chi connectivity index (χ4v) is 2.07. The maximum absolute atomic E-state index is 13.4. The molecule has 128 valence electrons. The third-order valence-corrected chi connectivity index (χ3v) is 3.31. The molecule has 0 atom stereocenters. The molecule has 24 heavy (non-hydrogen) atoms. The van der Waals surface area contributed by atoms with Crippen LogP contribution in [0.25, 0.3) is 0 Å². The van der Waals surface area contributed by atoms with Crippen molar-refractivity contribution in [1.29, 1.82) is 0 Å². The number of hydrogen-bond donors (Lipinski definition) is 2. The van der Waals surface area contributed by atoms with Gasteiger partial charge in [0, 0.05) is 5.69 Å². The number of alkyl halides is 3. The van der Waals surface area contributed by atoms with E-state index in [0.717, 1.165) is 12.1 Å². The SMILES string of the molecule is O=C(CNCCc1ccccc1F)Nc1ccc(C(F)(F)F)cc1. The topological polar surface area (TPSA) is 41.1 Å². The van der Waals surface area contributed by atoms with Gasteiger partial charge < -0.3 is 10.6 Å². The highest BCUT2D eigenvalue weighted by molar-refractivity contribution is 5.92. The Kier molecular flexibility index (Phi) is 5.92. The van der Waals surface area contributed by atoms with Crippen molar-refractivity contribution >= 4 is 11.6 Å². The summed E-state index contributed by atoms with van der Waals surface area (Å²) in [5.41, 5.74) is 0.0561. The van der Waals surface area contributed by atoms with E-state index in [-0.39, 0.29) is 24.0 Å². The number of rotatable bonds is 6. The normalized spacial score (nSPS) is 11.3. The van der Waals surface area contributed by atoms with Crippen molar-refractivity contribution in [3.63, 3.8) is 0 Å². The van der Waals surface area contributed by atoms with Gasteiger partial charge in [-0.2, -0.15) is 13.2 Å². The smallest absolute Gasteiger partial charge is 0.325 e. The van der Waals surface area contributed by atoms with E-state index in [9.17, 15) is 22.4 Å². The van der Waals surface area contributed by atoms with Crippen molar-refractivity contribution in [1.82, 2.24) is 5.32 Å². The van der Waals surface area contributed by atoms with Gasteiger partial charge in [0.15, 0.2) is 0 Å². The fraction of sp³-hybridized carbons (Fsp3) is 0.235. The van der Waals surface area contributed by atoms with E-state index in [4.69, 9.17) is 0 Å². The molecule has 0 saturated heterocycles. The van der Waals surface area contributed by atoms with E-state index in [1.54, 1.807) is 18.2 Å². The van der Waals surface area contributed by atoms with Crippen LogP contribution in [0.2, 0.25) is 0 Å². The number of carbonyl (C=O) groups is 1. The standard InChI is InChI=1S/C17H16F4N2O/c18-15-4-2-1-3-12(15)9-10-22-11-16(24)23-14-7-5-13(6-8-14)17(19,20)21/h1-8,22H,9-11H2,(H,23,24). The summed E-state index contributed by atoms with van der Waals surface area (Å²) in [4.78, 5) is 11.7. The fourth-order valence-electron chi connectivity index (χ4n) is 2.07. The summed E-state index contributed by atoms with van der Waals surface area (Å²) >= 11 is 0. The Morgan fingerprint density at radius 1 is 1.00 bits per heavy atom. The summed E-state index contributed by atoms with van der Waals surface area (Å²) in [5, 5.41) is 5.35. The van der Waals surface area contributed by atoms with Crippen LogP contribution >= 0.6 is 0 Å². The van der Waals surface area contributed by atoms with Crippen LogP contribution in [-0.2, 0) is 17.4 Å². The van der Waals surface area contributed by atoms with E-state index in [0.29, 0.717) is 18.5 Å². The lowest BCUT2D eigenvalue weighted by atomic mass is 10.1. The zero-order valence-electron chi connectivity index (χ0n) is 12.7. The molecule has 0 spiro atoms. The molecule has 2 rings (SSSR count). The van der Waals surface area contributed by atoms with Crippen molar-refractivity contribution in [2.24, 2.45) is 0 Å². The highest BCUT2D eigenvalue weighted by Crippen LogP contribution is 2.29. The zero-order chi connectivity index (χ0) is 17.6. The minimum absolute atomic E-state index is 0.0184. The molecule has 0 aromatic heterocycles. The lowest BCUT2D eigenvalue weighted by Crippen LogP contribution is -2.29. The van der Waals surface area contributed by atoms with Gasteiger partial charge in [-0.05, 0) is 48.9 Å². The van der Waals surface area contributed by atoms with Gasteiger partial charge in [0.2, 0.25) is 5.91 Å². The second-order valence-electron chi connectivity index (χ2n) is 5.14. The molecule has 0 saturated carbocycles. The Morgan fingerprint density at radius 3 is 2.29 bits per heavy atom. The summed E-state index contributed by atoms with van der Waals surface area (Å²) in [7, 11) is 0. The van der Waals surface area contributed by atoms with Crippen molar-refractivity contribution < 1.29 is 22.4 Å². The van der Waals surface area contributed by atoms with Crippen LogP contribution in [0.4, 0.5) is 23.2 Å². The third kappa shape index (κ3) is 5.34. The molecule has 1 amide bonds. The van der Waals surface area contributed by atoms with Gasteiger partial charge in [-0.3, -0.25) is 4.79 Å². The zero-order valence-corrected chi connectivity index (χ0v) is 12.7. The van der Waals surface area contributed by atoms with Crippen molar-refractivity contribution in [3.8, 4) is 0 Å². The van der Waals surface area contributed by atoms with Gasteiger partial charge in [0.25, 0.3) is 0 Å². The second-order valence-corrected chi connectivity index (χ2v) is 5.14. The first-order chi connectivity index (χ1) is 11.4. The molecule has 0 aliphatic rings. The first kappa shape index (κ1) is 17.9. The summed E-state index contributed by atoms with van der Waals surface area (Å²) in [6.45, 7) is 0.386. The monoisotopic (exact) mass is 340 g/mol. The second kappa shape index (κ2) is 7.92. The molecule has 0 heterocycles. The van der Waals surface area contributed by atoms with Crippen molar-refractivity contribution in [2.45, 2.75) is 12.6 Å². The van der Waals surface area contributed by atoms with Gasteiger partial charge in [0.1, 0.15) is 5.82 Å². The molecular formula is C17H16F4N2O. The number of benzene rings is 2. The molecule has 3 nitrogen and oxygen atoms in total. The lowest BCUT2D eigenvalue weighted by molar-refractivity contribution is -0.137. The largest absolute Gasteiger partial charge is 0.416 e. The number of carbonyl (C=O) groups excluding carboxylic acids is 1. The summed E-state index contributed by atoms with van der Waals surface area (Å²) < 4.78 is 50.7. The van der Waals surface area contributed by atoms with Crippen LogP contribution in [0, 0.1) is 5.82 Å². The van der Waals surface area contributed by atoms with Crippen LogP contribution < -0.4 is 10.6 Å². The maximum Gasteiger partial charge on any atom is 0.416 e. The van der Waals surface area contributed by atoms with Gasteiger partial charge in [-0.15, -0.1) is 0 Å². The highest BCUT2D eigenvalue weighted by atomic mass is 19.4. The average molecular weight is 340 g/mol. The van der Waals surface area contributed by atoms with Gasteiger partial charge in [0.05, 0.1) is 12.1 Å². The van der Waals surface area contributed by atoms with Crippen molar-refractivity contribution in [2.75, 3.05) is 18.4 Å². The Morgan fingerprint density at radius 2 is 1.67 bits per heavy atom. The minimum Gasteiger partial charge on any atom is -0.325 e. The summed E-state index contributed by atoms with van der Waals surface area (Å²) in [6.07, 6.45) is -3.98. The quantitative estimate of drug-likeness (QED) is 0.623. The Labute approximate surface area is 136 Å². The summed E-state index contributed by atoms with van der Waals surface area (Å²) in [5.74, 6) is -0.684. The van der Waals surface area contributed by atoms with Gasteiger partial charge in [-0.25, -0.2) is 4.39 Å². The molecule has 2 N–H and O–H groups in total. The Hall–Kier alpha value is -2.41. The first-order valence-corrected chi connectivity index (χ1v) is 7.27. The summed E-state index contributed by atoms with van der Waals surface area (Å²) in [6, 6.07) is 10.6. The van der Waals surface area contributed by atoms with E-state index in [2.05, 4.69) is 10.6 Å². The number of hydrogen-bond acceptors (Lipinski definition) is 2. The molecule has 2 aromatic rings. The number of anilines is 1. The molecule has 0 radical (unpaired) electrons. The van der Waals surface area contributed by atoms with Gasteiger partial charge >= 0.3 is 6.18 Å². The number of nitrogens with one attached hydrogen (secondary N) is 2. The highest BCUT2D eigenvalue weighted by Gasteiger charge is 2.29. The molecular weight excluding hydrogens is 324 g/mol. The molecule has 7 heteroatoms. The number of amides is 1. The lowest BCUT2D eigenvalue weighted by Gasteiger charge is -2.09. The molecule has 0 aliphatic heterocycles. The van der Waals surface area contributed by atoms with E-state index < -0.39 is 11.7 Å².